The summed E-state index contributed by atoms with van der Waals surface area (Å²) in [4.78, 5) is 25.6. The molecule has 7 heteroatoms. The highest BCUT2D eigenvalue weighted by molar-refractivity contribution is 5.95. The number of carbonyl (C=O) groups excluding carboxylic acids is 2. The van der Waals surface area contributed by atoms with Gasteiger partial charge in [-0.25, -0.2) is 9.07 Å². The average Bonchev–Trinajstić information content (AvgIpc) is 3.32. The molecule has 1 atom stereocenters. The third-order valence-electron chi connectivity index (χ3n) is 5.31. The standard InChI is InChI=1S/C21H26FN3O3/c1-14(2)25-18(10-13-23-25)24-19(26)15(3)28-20(27)21(11-4-5-12-21)16-6-8-17(22)9-7-16/h6-10,13-15H,4-5,11-12H2,1-3H3,(H,24,26)/t15-/m1/s1. The number of nitrogens with one attached hydrogen (secondary N) is 1. The van der Waals surface area contributed by atoms with Crippen LogP contribution in [-0.4, -0.2) is 27.8 Å². The molecule has 0 unspecified atom stereocenters. The average molecular weight is 387 g/mol. The van der Waals surface area contributed by atoms with Crippen molar-refractivity contribution in [2.75, 3.05) is 5.32 Å². The van der Waals surface area contributed by atoms with Crippen molar-refractivity contribution in [2.45, 2.75) is 64.0 Å². The Morgan fingerprint density at radius 1 is 1.14 bits per heavy atom. The Morgan fingerprint density at radius 3 is 2.39 bits per heavy atom. The maximum atomic E-state index is 13.3. The van der Waals surface area contributed by atoms with E-state index >= 15 is 0 Å². The van der Waals surface area contributed by atoms with Gasteiger partial charge in [0, 0.05) is 12.1 Å². The monoisotopic (exact) mass is 387 g/mol. The first-order valence-corrected chi connectivity index (χ1v) is 9.65. The Labute approximate surface area is 164 Å². The van der Waals surface area contributed by atoms with E-state index in [1.807, 2.05) is 13.8 Å². The first-order valence-electron chi connectivity index (χ1n) is 9.65. The van der Waals surface area contributed by atoms with Gasteiger partial charge < -0.3 is 10.1 Å². The van der Waals surface area contributed by atoms with E-state index in [1.165, 1.54) is 12.1 Å². The zero-order valence-electron chi connectivity index (χ0n) is 16.4. The number of hydrogen-bond donors (Lipinski definition) is 1. The number of halogens is 1. The molecular weight excluding hydrogens is 361 g/mol. The lowest BCUT2D eigenvalue weighted by Crippen LogP contribution is -2.40. The number of hydrogen-bond acceptors (Lipinski definition) is 4. The highest BCUT2D eigenvalue weighted by atomic mass is 19.1. The van der Waals surface area contributed by atoms with Crippen LogP contribution < -0.4 is 5.32 Å². The molecule has 1 aromatic carbocycles. The molecule has 3 rings (SSSR count). The second-order valence-corrected chi connectivity index (χ2v) is 7.59. The molecule has 1 heterocycles. The van der Waals surface area contributed by atoms with Crippen molar-refractivity contribution in [2.24, 2.45) is 0 Å². The first-order chi connectivity index (χ1) is 13.3. The van der Waals surface area contributed by atoms with Gasteiger partial charge in [-0.1, -0.05) is 25.0 Å². The van der Waals surface area contributed by atoms with Crippen molar-refractivity contribution in [1.29, 1.82) is 0 Å². The molecule has 1 N–H and O–H groups in total. The van der Waals surface area contributed by atoms with Crippen molar-refractivity contribution in [3.8, 4) is 0 Å². The van der Waals surface area contributed by atoms with Crippen LogP contribution in [0.3, 0.4) is 0 Å². The van der Waals surface area contributed by atoms with Crippen molar-refractivity contribution in [3.63, 3.8) is 0 Å². The predicted molar refractivity (Wildman–Crippen MR) is 103 cm³/mol. The van der Waals surface area contributed by atoms with Gasteiger partial charge in [0.2, 0.25) is 0 Å². The van der Waals surface area contributed by atoms with E-state index in [0.717, 1.165) is 18.4 Å². The molecule has 1 saturated carbocycles. The van der Waals surface area contributed by atoms with Gasteiger partial charge in [0.25, 0.3) is 5.91 Å². The lowest BCUT2D eigenvalue weighted by molar-refractivity contribution is -0.159. The maximum absolute atomic E-state index is 13.3. The molecule has 1 aliphatic rings. The molecule has 0 saturated heterocycles. The van der Waals surface area contributed by atoms with Gasteiger partial charge in [-0.15, -0.1) is 0 Å². The maximum Gasteiger partial charge on any atom is 0.317 e. The highest BCUT2D eigenvalue weighted by Gasteiger charge is 2.45. The minimum atomic E-state index is -0.957. The van der Waals surface area contributed by atoms with Crippen molar-refractivity contribution < 1.29 is 18.7 Å². The van der Waals surface area contributed by atoms with Gasteiger partial charge in [-0.3, -0.25) is 9.59 Å². The number of rotatable bonds is 6. The summed E-state index contributed by atoms with van der Waals surface area (Å²) >= 11 is 0. The Hall–Kier alpha value is -2.70. The Morgan fingerprint density at radius 2 is 1.79 bits per heavy atom. The van der Waals surface area contributed by atoms with E-state index in [4.69, 9.17) is 4.74 Å². The van der Waals surface area contributed by atoms with Gasteiger partial charge in [0.15, 0.2) is 6.10 Å². The number of aromatic nitrogens is 2. The number of amides is 1. The fourth-order valence-corrected chi connectivity index (χ4v) is 3.74. The number of carbonyl (C=O) groups is 2. The van der Waals surface area contributed by atoms with Gasteiger partial charge in [-0.05, 0) is 51.3 Å². The normalized spacial score (nSPS) is 16.8. The van der Waals surface area contributed by atoms with Gasteiger partial charge in [-0.2, -0.15) is 5.10 Å². The molecule has 1 amide bonds. The fourth-order valence-electron chi connectivity index (χ4n) is 3.74. The van der Waals surface area contributed by atoms with Crippen LogP contribution in [0, 0.1) is 5.82 Å². The summed E-state index contributed by atoms with van der Waals surface area (Å²) in [6.45, 7) is 5.47. The lowest BCUT2D eigenvalue weighted by Gasteiger charge is -2.28. The summed E-state index contributed by atoms with van der Waals surface area (Å²) in [5.41, 5.74) is -0.0797. The molecule has 1 aromatic heterocycles. The topological polar surface area (TPSA) is 73.2 Å². The molecule has 0 spiro atoms. The molecule has 1 aliphatic carbocycles. The molecule has 0 radical (unpaired) electrons. The summed E-state index contributed by atoms with van der Waals surface area (Å²) in [7, 11) is 0. The molecule has 1 fully saturated rings. The van der Waals surface area contributed by atoms with E-state index in [1.54, 1.807) is 36.0 Å². The van der Waals surface area contributed by atoms with Crippen LogP contribution in [0.1, 0.15) is 58.1 Å². The molecule has 150 valence electrons. The van der Waals surface area contributed by atoms with Crippen LogP contribution in [0.2, 0.25) is 0 Å². The van der Waals surface area contributed by atoms with E-state index < -0.39 is 23.4 Å². The predicted octanol–water partition coefficient (Wildman–Crippen LogP) is 3.99. The summed E-state index contributed by atoms with van der Waals surface area (Å²) in [6, 6.07) is 7.76. The zero-order valence-corrected chi connectivity index (χ0v) is 16.4. The lowest BCUT2D eigenvalue weighted by atomic mass is 9.79. The summed E-state index contributed by atoms with van der Waals surface area (Å²) in [6.07, 6.45) is 3.69. The van der Waals surface area contributed by atoms with E-state index in [0.29, 0.717) is 18.7 Å². The Kier molecular flexibility index (Phi) is 5.82. The molecule has 6 nitrogen and oxygen atoms in total. The summed E-state index contributed by atoms with van der Waals surface area (Å²) in [5.74, 6) is -0.642. The zero-order chi connectivity index (χ0) is 20.3. The van der Waals surface area contributed by atoms with Crippen molar-refractivity contribution in [3.05, 3.63) is 47.9 Å². The van der Waals surface area contributed by atoms with Crippen molar-refractivity contribution in [1.82, 2.24) is 9.78 Å². The quantitative estimate of drug-likeness (QED) is 0.761. The third kappa shape index (κ3) is 3.93. The van der Waals surface area contributed by atoms with Crippen LogP contribution >= 0.6 is 0 Å². The molecule has 0 aliphatic heterocycles. The van der Waals surface area contributed by atoms with Crippen LogP contribution in [0.5, 0.6) is 0 Å². The minimum Gasteiger partial charge on any atom is -0.452 e. The fraction of sp³-hybridized carbons (Fsp3) is 0.476. The molecule has 0 bridgehead atoms. The van der Waals surface area contributed by atoms with E-state index in [2.05, 4.69) is 10.4 Å². The number of anilines is 1. The SMILES string of the molecule is CC(C)n1nccc1NC(=O)[C@@H](C)OC(=O)C1(c2ccc(F)cc2)CCCC1. The number of benzene rings is 1. The van der Waals surface area contributed by atoms with E-state index in [9.17, 15) is 14.0 Å². The van der Waals surface area contributed by atoms with Gasteiger partial charge in [0.1, 0.15) is 11.6 Å². The van der Waals surface area contributed by atoms with Crippen LogP contribution in [-0.2, 0) is 19.7 Å². The summed E-state index contributed by atoms with van der Waals surface area (Å²) in [5, 5.41) is 6.94. The van der Waals surface area contributed by atoms with Crippen LogP contribution in [0.4, 0.5) is 10.2 Å². The Balaban J connectivity index is 1.72. The minimum absolute atomic E-state index is 0.0865. The summed E-state index contributed by atoms with van der Waals surface area (Å²) < 4.78 is 20.6. The van der Waals surface area contributed by atoms with Gasteiger partial charge in [0.05, 0.1) is 11.6 Å². The van der Waals surface area contributed by atoms with Crippen LogP contribution in [0.25, 0.3) is 0 Å². The second-order valence-electron chi connectivity index (χ2n) is 7.59. The smallest absolute Gasteiger partial charge is 0.317 e. The van der Waals surface area contributed by atoms with Gasteiger partial charge >= 0.3 is 5.97 Å². The molecule has 28 heavy (non-hydrogen) atoms. The first kappa shape index (κ1) is 20.0. The van der Waals surface area contributed by atoms with Crippen molar-refractivity contribution >= 4 is 17.7 Å². The Bertz CT molecular complexity index is 839. The number of esters is 1. The second kappa shape index (κ2) is 8.12. The third-order valence-corrected chi connectivity index (χ3v) is 5.31. The number of ether oxygens (including phenoxy) is 1. The number of nitrogens with zero attached hydrogens (tertiary/aromatic N) is 2. The molecular formula is C21H26FN3O3. The molecule has 2 aromatic rings. The van der Waals surface area contributed by atoms with Crippen LogP contribution in [0.15, 0.2) is 36.5 Å². The highest BCUT2D eigenvalue weighted by Crippen LogP contribution is 2.42. The van der Waals surface area contributed by atoms with E-state index in [-0.39, 0.29) is 11.9 Å². The largest absolute Gasteiger partial charge is 0.452 e.